The van der Waals surface area contributed by atoms with E-state index in [1.54, 1.807) is 0 Å². The third kappa shape index (κ3) is 7.51. The number of amides is 3. The molecular formula is C41H53N11O3. The molecule has 14 heteroatoms. The van der Waals surface area contributed by atoms with Gasteiger partial charge in [0.05, 0.1) is 47.2 Å². The van der Waals surface area contributed by atoms with Crippen molar-refractivity contribution in [3.8, 4) is 11.1 Å². The number of rotatable bonds is 11. The van der Waals surface area contributed by atoms with Crippen LogP contribution >= 0.6 is 0 Å². The molecule has 290 valence electrons. The first-order chi connectivity index (χ1) is 26.7. The Morgan fingerprint density at radius 1 is 0.927 bits per heavy atom. The van der Waals surface area contributed by atoms with Crippen LogP contribution in [0.2, 0.25) is 0 Å². The van der Waals surface area contributed by atoms with Crippen LogP contribution in [0.3, 0.4) is 0 Å². The van der Waals surface area contributed by atoms with Crippen molar-refractivity contribution < 1.29 is 14.4 Å². The van der Waals surface area contributed by atoms with Crippen LogP contribution in [-0.2, 0) is 22.7 Å². The van der Waals surface area contributed by atoms with Crippen molar-refractivity contribution in [2.75, 3.05) is 36.9 Å². The van der Waals surface area contributed by atoms with Crippen molar-refractivity contribution in [3.63, 3.8) is 0 Å². The monoisotopic (exact) mass is 747 g/mol. The Kier molecular flexibility index (Phi) is 10.0. The molecule has 2 unspecified atom stereocenters. The lowest BCUT2D eigenvalue weighted by Gasteiger charge is -2.40. The van der Waals surface area contributed by atoms with Crippen molar-refractivity contribution in [1.82, 2.24) is 35.2 Å². The highest BCUT2D eigenvalue weighted by Crippen LogP contribution is 2.44. The van der Waals surface area contributed by atoms with Gasteiger partial charge in [-0.05, 0) is 69.1 Å². The number of nitrogens with zero attached hydrogens (tertiary/aromatic N) is 6. The second-order valence-electron chi connectivity index (χ2n) is 15.7. The van der Waals surface area contributed by atoms with Gasteiger partial charge in [0.2, 0.25) is 5.91 Å². The molecule has 0 radical (unpaired) electrons. The van der Waals surface area contributed by atoms with E-state index in [-0.39, 0.29) is 47.2 Å². The number of pyridine rings is 1. The summed E-state index contributed by atoms with van der Waals surface area (Å²) in [6.07, 6.45) is 10.5. The summed E-state index contributed by atoms with van der Waals surface area (Å²) in [4.78, 5) is 50.1. The summed E-state index contributed by atoms with van der Waals surface area (Å²) in [6, 6.07) is 12.5. The summed E-state index contributed by atoms with van der Waals surface area (Å²) >= 11 is 0. The molecule has 2 saturated heterocycles. The Morgan fingerprint density at radius 3 is 2.42 bits per heavy atom. The minimum atomic E-state index is -0.380. The number of hydrogen-bond donors (Lipinski definition) is 5. The summed E-state index contributed by atoms with van der Waals surface area (Å²) in [6.45, 7) is 7.86. The third-order valence-corrected chi connectivity index (χ3v) is 11.6. The molecule has 3 aliphatic heterocycles. The van der Waals surface area contributed by atoms with E-state index >= 15 is 0 Å². The maximum Gasteiger partial charge on any atom is 0.272 e. The van der Waals surface area contributed by atoms with Gasteiger partial charge in [-0.15, -0.1) is 0 Å². The lowest BCUT2D eigenvalue weighted by molar-refractivity contribution is -0.121. The molecule has 5 heterocycles. The molecule has 5 fully saturated rings. The standard InChI is InChI=1S/C39H47N11O3.C2H6/c1-47-21-33-29(16-42-50(33)27-19-48(20-27)18-25-4-2-7-31(43-25)39(53)49-17-22-8-13-26(49)14-22)28-5-3-6-30(36(28)47)45-32(35(41)38(52)44-24-11-12-24)15-34(40)46-37(51)23-9-10-23;1-2/h2-7,15-16,22-24,26-27,45H,8-14,17-21,40-41H2,1H3,(H,44,52)(H,46,51);1-2H3/b34-15+,35-32+;. The number of nitrogens with two attached hydrogens (primary N) is 2. The Bertz CT molecular complexity index is 2040. The van der Waals surface area contributed by atoms with Gasteiger partial charge in [-0.3, -0.25) is 24.0 Å². The highest BCUT2D eigenvalue weighted by Gasteiger charge is 2.41. The van der Waals surface area contributed by atoms with Gasteiger partial charge < -0.3 is 37.2 Å². The van der Waals surface area contributed by atoms with Crippen LogP contribution in [0.25, 0.3) is 11.1 Å². The van der Waals surface area contributed by atoms with E-state index in [1.165, 1.54) is 12.5 Å². The number of anilines is 2. The minimum absolute atomic E-state index is 0.00782. The molecule has 0 spiro atoms. The summed E-state index contributed by atoms with van der Waals surface area (Å²) < 4.78 is 2.15. The van der Waals surface area contributed by atoms with Gasteiger partial charge in [0.25, 0.3) is 11.8 Å². The zero-order valence-electron chi connectivity index (χ0n) is 32.1. The minimum Gasteiger partial charge on any atom is -0.393 e. The predicted molar refractivity (Wildman–Crippen MR) is 211 cm³/mol. The van der Waals surface area contributed by atoms with E-state index in [0.717, 1.165) is 92.0 Å². The van der Waals surface area contributed by atoms with E-state index in [4.69, 9.17) is 21.5 Å². The van der Waals surface area contributed by atoms with Crippen LogP contribution in [0.1, 0.15) is 86.7 Å². The number of para-hydroxylation sites is 1. The number of carbonyl (C=O) groups excluding carboxylic acids is 3. The Hall–Kier alpha value is -5.37. The Balaban J connectivity index is 0.00000210. The number of carbonyl (C=O) groups is 3. The number of hydrogen-bond acceptors (Lipinski definition) is 10. The smallest absolute Gasteiger partial charge is 0.272 e. The lowest BCUT2D eigenvalue weighted by atomic mass is 9.97. The van der Waals surface area contributed by atoms with Crippen LogP contribution < -0.4 is 32.3 Å². The van der Waals surface area contributed by atoms with Gasteiger partial charge in [-0.2, -0.15) is 5.10 Å². The Labute approximate surface area is 322 Å². The number of aromatic nitrogens is 3. The molecule has 7 N–H and O–H groups in total. The van der Waals surface area contributed by atoms with Gasteiger partial charge in [0.15, 0.2) is 0 Å². The van der Waals surface area contributed by atoms with E-state index in [0.29, 0.717) is 36.4 Å². The highest BCUT2D eigenvalue weighted by atomic mass is 16.2. The zero-order chi connectivity index (χ0) is 38.4. The molecule has 2 bridgehead atoms. The number of benzene rings is 1. The summed E-state index contributed by atoms with van der Waals surface area (Å²) in [5, 5.41) is 14.0. The van der Waals surface area contributed by atoms with Gasteiger partial charge in [-0.25, -0.2) is 4.98 Å². The number of piperidine rings is 1. The first-order valence-corrected chi connectivity index (χ1v) is 19.9. The molecular weight excluding hydrogens is 695 g/mol. The van der Waals surface area contributed by atoms with Gasteiger partial charge >= 0.3 is 0 Å². The van der Waals surface area contributed by atoms with Crippen molar-refractivity contribution >= 4 is 29.1 Å². The van der Waals surface area contributed by atoms with Crippen molar-refractivity contribution in [3.05, 3.63) is 83.0 Å². The first kappa shape index (κ1) is 36.6. The number of fused-ring (bicyclic) bond motifs is 5. The quantitative estimate of drug-likeness (QED) is 0.143. The molecule has 2 atom stereocenters. The summed E-state index contributed by atoms with van der Waals surface area (Å²) in [7, 11) is 2.04. The van der Waals surface area contributed by atoms with Crippen LogP contribution in [0, 0.1) is 11.8 Å². The average Bonchev–Trinajstić information content (AvgIpc) is 4.07. The third-order valence-electron chi connectivity index (χ3n) is 11.6. The SMILES string of the molecule is CC.CN1Cc2c(cnn2C2CN(Cc3cccc(C(=O)N4CC5CCC4C5)n3)C2)-c2cccc(NC(/C=C(\N)NC(=O)C3CC3)=C(/N)C(=O)NC3CC3)c21. The molecule has 3 aromatic rings. The molecule has 1 aromatic carbocycles. The second-order valence-corrected chi connectivity index (χ2v) is 15.7. The molecule has 6 aliphatic rings. The topological polar surface area (TPSA) is 180 Å². The van der Waals surface area contributed by atoms with Crippen molar-refractivity contribution in [2.45, 2.75) is 90.0 Å². The van der Waals surface area contributed by atoms with E-state index in [2.05, 4.69) is 36.5 Å². The number of nitrogens with one attached hydrogen (secondary N) is 3. The largest absolute Gasteiger partial charge is 0.393 e. The molecule has 55 heavy (non-hydrogen) atoms. The fraction of sp³-hybridized carbons (Fsp3) is 0.488. The Morgan fingerprint density at radius 2 is 1.71 bits per heavy atom. The first-order valence-electron chi connectivity index (χ1n) is 19.9. The maximum atomic E-state index is 13.3. The van der Waals surface area contributed by atoms with Crippen molar-refractivity contribution in [2.24, 2.45) is 23.3 Å². The second kappa shape index (κ2) is 15.0. The number of allylic oxidation sites excluding steroid dienone is 1. The summed E-state index contributed by atoms with van der Waals surface area (Å²) in [5.74, 6) is 0.316. The molecule has 3 saturated carbocycles. The number of likely N-dealkylation sites (tertiary alicyclic amines) is 2. The van der Waals surface area contributed by atoms with Gasteiger partial charge in [0, 0.05) is 68.4 Å². The van der Waals surface area contributed by atoms with E-state index in [1.807, 2.05) is 62.3 Å². The summed E-state index contributed by atoms with van der Waals surface area (Å²) in [5.41, 5.74) is 19.4. The normalized spacial score (nSPS) is 22.1. The van der Waals surface area contributed by atoms with Crippen LogP contribution in [-0.4, -0.2) is 81.1 Å². The molecule has 3 amide bonds. The van der Waals surface area contributed by atoms with Crippen LogP contribution in [0.15, 0.2) is 65.9 Å². The maximum absolute atomic E-state index is 13.3. The van der Waals surface area contributed by atoms with Crippen LogP contribution in [0.5, 0.6) is 0 Å². The molecule has 14 nitrogen and oxygen atoms in total. The fourth-order valence-corrected chi connectivity index (χ4v) is 8.45. The van der Waals surface area contributed by atoms with E-state index in [9.17, 15) is 14.4 Å². The highest BCUT2D eigenvalue weighted by molar-refractivity contribution is 5.96. The van der Waals surface area contributed by atoms with E-state index < -0.39 is 0 Å². The average molecular weight is 748 g/mol. The molecule has 2 aromatic heterocycles. The zero-order valence-corrected chi connectivity index (χ0v) is 32.1. The van der Waals surface area contributed by atoms with Gasteiger partial charge in [0.1, 0.15) is 17.2 Å². The predicted octanol–water partition coefficient (Wildman–Crippen LogP) is 3.79. The van der Waals surface area contributed by atoms with Gasteiger partial charge in [-0.1, -0.05) is 32.0 Å². The fourth-order valence-electron chi connectivity index (χ4n) is 8.45. The molecule has 9 rings (SSSR count). The van der Waals surface area contributed by atoms with Crippen LogP contribution in [0.4, 0.5) is 11.4 Å². The lowest BCUT2D eigenvalue weighted by Crippen LogP contribution is -2.48. The molecule has 3 aliphatic carbocycles. The van der Waals surface area contributed by atoms with Crippen molar-refractivity contribution in [1.29, 1.82) is 0 Å².